The summed E-state index contributed by atoms with van der Waals surface area (Å²) in [5.41, 5.74) is 0. The van der Waals surface area contributed by atoms with E-state index in [0.717, 1.165) is 32.1 Å². The minimum absolute atomic E-state index is 0. The van der Waals surface area contributed by atoms with Gasteiger partial charge >= 0.3 is 0 Å². The van der Waals surface area contributed by atoms with Crippen molar-refractivity contribution in [1.29, 1.82) is 0 Å². The van der Waals surface area contributed by atoms with Gasteiger partial charge in [-0.1, -0.05) is 0 Å². The second-order valence-electron chi connectivity index (χ2n) is 7.22. The lowest BCUT2D eigenvalue weighted by atomic mass is 9.95. The minimum Gasteiger partial charge on any atom is -0.395 e. The van der Waals surface area contributed by atoms with Gasteiger partial charge in [-0.05, 0) is 45.7 Å². The number of hydrogen-bond acceptors (Lipinski definition) is 5. The van der Waals surface area contributed by atoms with Gasteiger partial charge in [0.15, 0.2) is 0 Å². The third-order valence-electron chi connectivity index (χ3n) is 5.16. The van der Waals surface area contributed by atoms with E-state index in [1.807, 2.05) is 0 Å². The van der Waals surface area contributed by atoms with Crippen molar-refractivity contribution < 1.29 is 11.3 Å². The molecule has 2 aliphatic heterocycles. The largest absolute Gasteiger partial charge is 0.395 e. The number of nitrogens with one attached hydrogen (secondary N) is 1. The third-order valence-corrected chi connectivity index (χ3v) is 5.16. The minimum atomic E-state index is 0. The molecule has 2 aliphatic rings. The van der Waals surface area contributed by atoms with Crippen LogP contribution >= 0.6 is 0 Å². The summed E-state index contributed by atoms with van der Waals surface area (Å²) in [7, 11) is 0. The Hall–Kier alpha value is -0.690. The first-order chi connectivity index (χ1) is 11.1. The number of piperidine rings is 1. The normalized spacial score (nSPS) is 22.6. The van der Waals surface area contributed by atoms with E-state index in [4.69, 9.17) is 5.11 Å². The highest BCUT2D eigenvalue weighted by Crippen LogP contribution is 2.20. The molecule has 0 aromatic carbocycles. The molecule has 136 valence electrons. The fourth-order valence-corrected chi connectivity index (χ4v) is 3.60. The van der Waals surface area contributed by atoms with E-state index < -0.39 is 0 Å². The zero-order valence-corrected chi connectivity index (χ0v) is 14.8. The van der Waals surface area contributed by atoms with Gasteiger partial charge in [0.1, 0.15) is 0 Å². The number of likely N-dealkylation sites (tertiary alicyclic amines) is 1. The zero-order valence-electron chi connectivity index (χ0n) is 14.8. The average molecular weight is 329 g/mol. The highest BCUT2D eigenvalue weighted by molar-refractivity contribution is 5.77. The molecule has 0 spiro atoms. The molecule has 0 radical (unpaired) electrons. The molecular formula is C17H36N4O2. The summed E-state index contributed by atoms with van der Waals surface area (Å²) in [6.45, 7) is 13.2. The van der Waals surface area contributed by atoms with E-state index in [0.29, 0.717) is 19.1 Å². The summed E-state index contributed by atoms with van der Waals surface area (Å²) in [6.07, 6.45) is 2.64. The summed E-state index contributed by atoms with van der Waals surface area (Å²) >= 11 is 0. The summed E-state index contributed by atoms with van der Waals surface area (Å²) in [5, 5.41) is 11.4. The fourth-order valence-electron chi connectivity index (χ4n) is 3.60. The van der Waals surface area contributed by atoms with E-state index in [9.17, 15) is 4.79 Å². The van der Waals surface area contributed by atoms with Gasteiger partial charge in [0.25, 0.3) is 0 Å². The van der Waals surface area contributed by atoms with Crippen LogP contribution in [0.15, 0.2) is 0 Å². The van der Waals surface area contributed by atoms with Crippen LogP contribution in [0.25, 0.3) is 0 Å². The van der Waals surface area contributed by atoms with Crippen molar-refractivity contribution in [3.8, 4) is 0 Å². The van der Waals surface area contributed by atoms with Crippen LogP contribution in [0.4, 0.5) is 0 Å². The molecule has 2 fully saturated rings. The van der Waals surface area contributed by atoms with Gasteiger partial charge in [0.05, 0.1) is 13.2 Å². The lowest BCUT2D eigenvalue weighted by Crippen LogP contribution is -2.51. The molecule has 6 heteroatoms. The maximum absolute atomic E-state index is 11.7. The molecule has 2 saturated heterocycles. The average Bonchev–Trinajstić information content (AvgIpc) is 2.55. The molecule has 0 aliphatic carbocycles. The molecule has 2 N–H and O–H groups in total. The predicted molar refractivity (Wildman–Crippen MR) is 94.5 cm³/mol. The lowest BCUT2D eigenvalue weighted by molar-refractivity contribution is -0.122. The van der Waals surface area contributed by atoms with Crippen LogP contribution in [0, 0.1) is 5.92 Å². The summed E-state index contributed by atoms with van der Waals surface area (Å²) < 4.78 is 0. The Kier molecular flexibility index (Phi) is 7.76. The number of piperazine rings is 1. The predicted octanol–water partition coefficient (Wildman–Crippen LogP) is 0.0789. The fraction of sp³-hybridized carbons (Fsp3) is 0.941. The number of carbonyl (C=O) groups is 1. The lowest BCUT2D eigenvalue weighted by Gasteiger charge is -2.39. The summed E-state index contributed by atoms with van der Waals surface area (Å²) in [5.74, 6) is 0.859. The Bertz CT molecular complexity index is 354. The Labute approximate surface area is 142 Å². The smallest absolute Gasteiger partial charge is 0.234 e. The first kappa shape index (κ1) is 18.6. The molecule has 1 amide bonds. The Morgan fingerprint density at radius 3 is 2.30 bits per heavy atom. The van der Waals surface area contributed by atoms with Crippen LogP contribution in [-0.4, -0.2) is 97.3 Å². The van der Waals surface area contributed by atoms with Gasteiger partial charge in [0.2, 0.25) is 5.91 Å². The van der Waals surface area contributed by atoms with Gasteiger partial charge in [-0.2, -0.15) is 0 Å². The molecule has 0 saturated carbocycles. The van der Waals surface area contributed by atoms with Crippen molar-refractivity contribution >= 4 is 5.91 Å². The Balaban J connectivity index is 0.00000288. The maximum atomic E-state index is 11.7. The van der Waals surface area contributed by atoms with Crippen LogP contribution < -0.4 is 5.32 Å². The number of rotatable bonds is 7. The van der Waals surface area contributed by atoms with Crippen LogP contribution in [-0.2, 0) is 4.79 Å². The molecule has 23 heavy (non-hydrogen) atoms. The summed E-state index contributed by atoms with van der Waals surface area (Å²) in [6, 6.07) is 0.677. The quantitative estimate of drug-likeness (QED) is 0.693. The van der Waals surface area contributed by atoms with Crippen LogP contribution in [0.2, 0.25) is 0 Å². The first-order valence-electron chi connectivity index (χ1n) is 9.14. The number of amides is 1. The van der Waals surface area contributed by atoms with Crippen molar-refractivity contribution in [2.75, 3.05) is 65.5 Å². The van der Waals surface area contributed by atoms with Crippen molar-refractivity contribution in [2.45, 2.75) is 32.7 Å². The van der Waals surface area contributed by atoms with Crippen molar-refractivity contribution in [1.82, 2.24) is 20.0 Å². The van der Waals surface area contributed by atoms with E-state index in [-0.39, 0.29) is 13.9 Å². The number of hydrogen-bond donors (Lipinski definition) is 2. The number of aliphatic hydroxyl groups is 1. The Morgan fingerprint density at radius 2 is 1.74 bits per heavy atom. The highest BCUT2D eigenvalue weighted by Gasteiger charge is 2.25. The summed E-state index contributed by atoms with van der Waals surface area (Å²) in [4.78, 5) is 19.0. The maximum Gasteiger partial charge on any atom is 0.234 e. The molecule has 6 nitrogen and oxygen atoms in total. The van der Waals surface area contributed by atoms with E-state index in [1.165, 1.54) is 32.5 Å². The second kappa shape index (κ2) is 9.57. The zero-order chi connectivity index (χ0) is 16.7. The van der Waals surface area contributed by atoms with Gasteiger partial charge < -0.3 is 20.2 Å². The monoisotopic (exact) mass is 328 g/mol. The molecule has 0 bridgehead atoms. The van der Waals surface area contributed by atoms with Gasteiger partial charge in [-0.3, -0.25) is 9.69 Å². The van der Waals surface area contributed by atoms with Crippen LogP contribution in [0.1, 0.15) is 28.1 Å². The van der Waals surface area contributed by atoms with Gasteiger partial charge in [-0.25, -0.2) is 0 Å². The van der Waals surface area contributed by atoms with Crippen molar-refractivity contribution in [2.24, 2.45) is 5.92 Å². The first-order valence-corrected chi connectivity index (χ1v) is 9.14. The molecule has 0 unspecified atom stereocenters. The Morgan fingerprint density at radius 1 is 1.13 bits per heavy atom. The van der Waals surface area contributed by atoms with Crippen LogP contribution in [0.5, 0.6) is 0 Å². The van der Waals surface area contributed by atoms with Gasteiger partial charge in [0, 0.05) is 46.7 Å². The number of carbonyl (C=O) groups excluding carboxylic acids is 1. The number of aliphatic hydroxyl groups excluding tert-OH is 1. The van der Waals surface area contributed by atoms with E-state index >= 15 is 0 Å². The highest BCUT2D eigenvalue weighted by atomic mass is 16.3. The molecule has 2 rings (SSSR count). The van der Waals surface area contributed by atoms with Crippen molar-refractivity contribution in [3.63, 3.8) is 0 Å². The third kappa shape index (κ3) is 6.37. The molecular weight excluding hydrogens is 292 g/mol. The molecule has 0 aromatic rings. The molecule has 0 atom stereocenters. The molecule has 2 heterocycles. The van der Waals surface area contributed by atoms with E-state index in [2.05, 4.69) is 33.9 Å². The second-order valence-corrected chi connectivity index (χ2v) is 7.22. The van der Waals surface area contributed by atoms with E-state index in [1.54, 1.807) is 0 Å². The topological polar surface area (TPSA) is 59.0 Å². The molecule has 0 aromatic heterocycles. The SMILES string of the molecule is CC(C)N1CCC(CN2CCN(CC(=O)NCCO)CC2)CC1.[HH]. The van der Waals surface area contributed by atoms with Crippen LogP contribution in [0.3, 0.4) is 0 Å². The van der Waals surface area contributed by atoms with Crippen molar-refractivity contribution in [3.05, 3.63) is 0 Å². The number of nitrogens with zero attached hydrogens (tertiary/aromatic N) is 3. The standard InChI is InChI=1S/C17H34N4O2.H2/c1-15(2)21-6-3-16(4-7-21)13-19-8-10-20(11-9-19)14-17(23)18-5-12-22;/h15-16,22H,3-14H2,1-2H3,(H,18,23);1H. The van der Waals surface area contributed by atoms with Gasteiger partial charge in [-0.15, -0.1) is 0 Å².